The first-order chi connectivity index (χ1) is 7.65. The fourth-order valence-corrected chi connectivity index (χ4v) is 1.23. The molecule has 88 valence electrons. The van der Waals surface area contributed by atoms with Crippen LogP contribution in [-0.4, -0.2) is 25.8 Å². The number of rotatable bonds is 5. The second-order valence-corrected chi connectivity index (χ2v) is 3.88. The third kappa shape index (κ3) is 3.66. The molecule has 0 fully saturated rings. The van der Waals surface area contributed by atoms with Crippen molar-refractivity contribution >= 4 is 5.97 Å². The molecule has 0 heterocycles. The third-order valence-electron chi connectivity index (χ3n) is 2.66. The van der Waals surface area contributed by atoms with E-state index in [4.69, 9.17) is 9.47 Å². The van der Waals surface area contributed by atoms with E-state index in [2.05, 4.69) is 0 Å². The molecule has 2 atom stereocenters. The minimum Gasteiger partial charge on any atom is -0.462 e. The molecule has 0 aromatic heterocycles. The standard InChI is InChI=1S/C13H18O3/c1-10(11(2)15-3)9-16-13(14)12-7-5-4-6-8-12/h4-8,10-11H,9H2,1-3H3. The fraction of sp³-hybridized carbons (Fsp3) is 0.462. The lowest BCUT2D eigenvalue weighted by Gasteiger charge is -2.18. The minimum absolute atomic E-state index is 0.0866. The molecule has 0 spiro atoms. The molecule has 0 saturated carbocycles. The second kappa shape index (κ2) is 6.28. The second-order valence-electron chi connectivity index (χ2n) is 3.88. The molecular formula is C13H18O3. The van der Waals surface area contributed by atoms with Gasteiger partial charge in [0.2, 0.25) is 0 Å². The van der Waals surface area contributed by atoms with Crippen LogP contribution in [-0.2, 0) is 9.47 Å². The summed E-state index contributed by atoms with van der Waals surface area (Å²) in [5.41, 5.74) is 0.583. The van der Waals surface area contributed by atoms with E-state index < -0.39 is 0 Å². The first-order valence-electron chi connectivity index (χ1n) is 5.40. The van der Waals surface area contributed by atoms with Gasteiger partial charge in [-0.1, -0.05) is 25.1 Å². The van der Waals surface area contributed by atoms with E-state index in [1.54, 1.807) is 19.2 Å². The maximum Gasteiger partial charge on any atom is 0.338 e. The quantitative estimate of drug-likeness (QED) is 0.718. The molecule has 0 amide bonds. The summed E-state index contributed by atoms with van der Waals surface area (Å²) < 4.78 is 10.4. The van der Waals surface area contributed by atoms with E-state index in [-0.39, 0.29) is 18.0 Å². The molecule has 0 N–H and O–H groups in total. The van der Waals surface area contributed by atoms with Gasteiger partial charge in [0, 0.05) is 13.0 Å². The Bertz CT molecular complexity index is 321. The van der Waals surface area contributed by atoms with Crippen molar-refractivity contribution in [1.82, 2.24) is 0 Å². The molecule has 0 bridgehead atoms. The molecular weight excluding hydrogens is 204 g/mol. The van der Waals surface area contributed by atoms with Gasteiger partial charge in [0.1, 0.15) is 0 Å². The van der Waals surface area contributed by atoms with Crippen molar-refractivity contribution in [1.29, 1.82) is 0 Å². The fourth-order valence-electron chi connectivity index (χ4n) is 1.23. The Morgan fingerprint density at radius 3 is 2.44 bits per heavy atom. The molecule has 1 rings (SSSR count). The number of esters is 1. The zero-order valence-corrected chi connectivity index (χ0v) is 9.97. The first-order valence-corrected chi connectivity index (χ1v) is 5.40. The first kappa shape index (κ1) is 12.7. The van der Waals surface area contributed by atoms with Gasteiger partial charge < -0.3 is 9.47 Å². The minimum atomic E-state index is -0.282. The van der Waals surface area contributed by atoms with E-state index in [1.165, 1.54) is 0 Å². The van der Waals surface area contributed by atoms with Crippen molar-refractivity contribution in [2.24, 2.45) is 5.92 Å². The largest absolute Gasteiger partial charge is 0.462 e. The van der Waals surface area contributed by atoms with Crippen molar-refractivity contribution < 1.29 is 14.3 Å². The Morgan fingerprint density at radius 1 is 1.25 bits per heavy atom. The SMILES string of the molecule is COC(C)C(C)COC(=O)c1ccccc1. The number of ether oxygens (including phenoxy) is 2. The van der Waals surface area contributed by atoms with Crippen LogP contribution in [0, 0.1) is 5.92 Å². The highest BCUT2D eigenvalue weighted by molar-refractivity contribution is 5.89. The molecule has 2 unspecified atom stereocenters. The maximum absolute atomic E-state index is 11.6. The summed E-state index contributed by atoms with van der Waals surface area (Å²) in [5, 5.41) is 0. The topological polar surface area (TPSA) is 35.5 Å². The number of carbonyl (C=O) groups is 1. The van der Waals surface area contributed by atoms with Crippen LogP contribution in [0.1, 0.15) is 24.2 Å². The lowest BCUT2D eigenvalue weighted by molar-refractivity contribution is 0.0175. The van der Waals surface area contributed by atoms with Crippen molar-refractivity contribution in [3.05, 3.63) is 35.9 Å². The molecule has 0 radical (unpaired) electrons. The van der Waals surface area contributed by atoms with Crippen LogP contribution in [0.3, 0.4) is 0 Å². The van der Waals surface area contributed by atoms with Crippen LogP contribution in [0.25, 0.3) is 0 Å². The highest BCUT2D eigenvalue weighted by Crippen LogP contribution is 2.08. The van der Waals surface area contributed by atoms with E-state index in [1.807, 2.05) is 32.0 Å². The lowest BCUT2D eigenvalue weighted by Crippen LogP contribution is -2.23. The predicted molar refractivity (Wildman–Crippen MR) is 62.4 cm³/mol. The smallest absolute Gasteiger partial charge is 0.338 e. The summed E-state index contributed by atoms with van der Waals surface area (Å²) in [5.74, 6) is -0.0894. The monoisotopic (exact) mass is 222 g/mol. The number of hydrogen-bond acceptors (Lipinski definition) is 3. The van der Waals surface area contributed by atoms with Gasteiger partial charge in [-0.25, -0.2) is 4.79 Å². The van der Waals surface area contributed by atoms with Gasteiger partial charge in [-0.05, 0) is 19.1 Å². The Kier molecular flexibility index (Phi) is 4.99. The highest BCUT2D eigenvalue weighted by atomic mass is 16.5. The van der Waals surface area contributed by atoms with Crippen LogP contribution in [0.5, 0.6) is 0 Å². The Labute approximate surface area is 96.4 Å². The summed E-state index contributed by atoms with van der Waals surface area (Å²) >= 11 is 0. The van der Waals surface area contributed by atoms with E-state index in [9.17, 15) is 4.79 Å². The summed E-state index contributed by atoms with van der Waals surface area (Å²) in [7, 11) is 1.65. The zero-order chi connectivity index (χ0) is 12.0. The molecule has 1 aromatic carbocycles. The van der Waals surface area contributed by atoms with E-state index >= 15 is 0 Å². The highest BCUT2D eigenvalue weighted by Gasteiger charge is 2.14. The number of benzene rings is 1. The van der Waals surface area contributed by atoms with Gasteiger partial charge in [-0.2, -0.15) is 0 Å². The molecule has 16 heavy (non-hydrogen) atoms. The van der Waals surface area contributed by atoms with Crippen molar-refractivity contribution in [2.75, 3.05) is 13.7 Å². The van der Waals surface area contributed by atoms with Crippen LogP contribution >= 0.6 is 0 Å². The van der Waals surface area contributed by atoms with Crippen LogP contribution in [0.4, 0.5) is 0 Å². The summed E-state index contributed by atoms with van der Waals surface area (Å²) in [6.45, 7) is 4.33. The average molecular weight is 222 g/mol. The van der Waals surface area contributed by atoms with Gasteiger partial charge >= 0.3 is 5.97 Å². The van der Waals surface area contributed by atoms with Gasteiger partial charge in [0.05, 0.1) is 18.3 Å². The molecule has 3 heteroatoms. The maximum atomic E-state index is 11.6. The number of methoxy groups -OCH3 is 1. The van der Waals surface area contributed by atoms with Crippen LogP contribution in [0.2, 0.25) is 0 Å². The average Bonchev–Trinajstić information content (AvgIpc) is 2.35. The normalized spacial score (nSPS) is 14.2. The third-order valence-corrected chi connectivity index (χ3v) is 2.66. The Hall–Kier alpha value is -1.35. The van der Waals surface area contributed by atoms with Gasteiger partial charge in [-0.15, -0.1) is 0 Å². The molecule has 0 aliphatic heterocycles. The summed E-state index contributed by atoms with van der Waals surface area (Å²) in [6.07, 6.45) is 0.0866. The van der Waals surface area contributed by atoms with Gasteiger partial charge in [0.25, 0.3) is 0 Å². The lowest BCUT2D eigenvalue weighted by atomic mass is 10.1. The number of hydrogen-bond donors (Lipinski definition) is 0. The Balaban J connectivity index is 2.42. The summed E-state index contributed by atoms with van der Waals surface area (Å²) in [4.78, 5) is 11.6. The van der Waals surface area contributed by atoms with E-state index in [0.29, 0.717) is 12.2 Å². The molecule has 1 aromatic rings. The molecule has 3 nitrogen and oxygen atoms in total. The summed E-state index contributed by atoms with van der Waals surface area (Å²) in [6, 6.07) is 8.99. The van der Waals surface area contributed by atoms with Crippen LogP contribution < -0.4 is 0 Å². The van der Waals surface area contributed by atoms with Gasteiger partial charge in [-0.3, -0.25) is 0 Å². The molecule has 0 aliphatic carbocycles. The zero-order valence-electron chi connectivity index (χ0n) is 9.97. The van der Waals surface area contributed by atoms with Crippen molar-refractivity contribution in [2.45, 2.75) is 20.0 Å². The van der Waals surface area contributed by atoms with Crippen molar-refractivity contribution in [3.63, 3.8) is 0 Å². The Morgan fingerprint density at radius 2 is 1.88 bits per heavy atom. The van der Waals surface area contributed by atoms with Gasteiger partial charge in [0.15, 0.2) is 0 Å². The van der Waals surface area contributed by atoms with Crippen molar-refractivity contribution in [3.8, 4) is 0 Å². The molecule has 0 saturated heterocycles. The molecule has 0 aliphatic rings. The van der Waals surface area contributed by atoms with E-state index in [0.717, 1.165) is 0 Å². The van der Waals surface area contributed by atoms with Crippen LogP contribution in [0.15, 0.2) is 30.3 Å². The predicted octanol–water partition coefficient (Wildman–Crippen LogP) is 2.51. The number of carbonyl (C=O) groups excluding carboxylic acids is 1.